The molecule has 2 aromatic carbocycles. The van der Waals surface area contributed by atoms with Crippen molar-refractivity contribution in [3.63, 3.8) is 0 Å². The molecule has 0 aliphatic rings. The molecule has 6 nitrogen and oxygen atoms in total. The standard InChI is InChI=1S/C17H19N3O3/c1-11-5-3-4-6-15(11)19-17(22)13-7-9-14(10-8-13)23-12(2)16(21)20-18/h3-10,12H,18H2,1-2H3,(H,19,22)(H,20,21). The van der Waals surface area contributed by atoms with Gasteiger partial charge >= 0.3 is 0 Å². The summed E-state index contributed by atoms with van der Waals surface area (Å²) in [4.78, 5) is 23.5. The monoisotopic (exact) mass is 313 g/mol. The van der Waals surface area contributed by atoms with Gasteiger partial charge in [0, 0.05) is 11.3 Å². The second-order valence-electron chi connectivity index (χ2n) is 5.06. The summed E-state index contributed by atoms with van der Waals surface area (Å²) < 4.78 is 5.42. The molecule has 0 fully saturated rings. The number of aryl methyl sites for hydroxylation is 1. The number of carbonyl (C=O) groups is 2. The van der Waals surface area contributed by atoms with Gasteiger partial charge in [-0.3, -0.25) is 15.0 Å². The Labute approximate surface area is 134 Å². The van der Waals surface area contributed by atoms with Gasteiger partial charge < -0.3 is 10.1 Å². The highest BCUT2D eigenvalue weighted by Gasteiger charge is 2.13. The fourth-order valence-electron chi connectivity index (χ4n) is 1.97. The lowest BCUT2D eigenvalue weighted by Crippen LogP contribution is -2.40. The van der Waals surface area contributed by atoms with Crippen molar-refractivity contribution in [2.75, 3.05) is 5.32 Å². The normalized spacial score (nSPS) is 11.4. The first kappa shape index (κ1) is 16.5. The van der Waals surface area contributed by atoms with Crippen molar-refractivity contribution in [3.8, 4) is 5.75 Å². The molecule has 0 aromatic heterocycles. The maximum atomic E-state index is 12.2. The van der Waals surface area contributed by atoms with E-state index in [9.17, 15) is 9.59 Å². The molecule has 1 atom stereocenters. The highest BCUT2D eigenvalue weighted by atomic mass is 16.5. The summed E-state index contributed by atoms with van der Waals surface area (Å²) in [6, 6.07) is 14.1. The quantitative estimate of drug-likeness (QED) is 0.447. The van der Waals surface area contributed by atoms with Gasteiger partial charge in [0.2, 0.25) is 0 Å². The van der Waals surface area contributed by atoms with E-state index in [4.69, 9.17) is 10.6 Å². The van der Waals surface area contributed by atoms with Gasteiger partial charge in [-0.1, -0.05) is 18.2 Å². The van der Waals surface area contributed by atoms with Crippen LogP contribution in [-0.2, 0) is 4.79 Å². The molecule has 2 rings (SSSR count). The maximum Gasteiger partial charge on any atom is 0.274 e. The van der Waals surface area contributed by atoms with Crippen molar-refractivity contribution in [3.05, 3.63) is 59.7 Å². The van der Waals surface area contributed by atoms with Gasteiger partial charge in [0.25, 0.3) is 11.8 Å². The Balaban J connectivity index is 2.03. The van der Waals surface area contributed by atoms with Gasteiger partial charge in [0.15, 0.2) is 6.10 Å². The first-order chi connectivity index (χ1) is 11.0. The fourth-order valence-corrected chi connectivity index (χ4v) is 1.97. The first-order valence-corrected chi connectivity index (χ1v) is 7.15. The molecule has 23 heavy (non-hydrogen) atoms. The number of para-hydroxylation sites is 1. The molecule has 120 valence electrons. The third kappa shape index (κ3) is 4.31. The van der Waals surface area contributed by atoms with Crippen LogP contribution in [-0.4, -0.2) is 17.9 Å². The Bertz CT molecular complexity index is 698. The molecular formula is C17H19N3O3. The minimum atomic E-state index is -0.716. The van der Waals surface area contributed by atoms with Gasteiger partial charge in [0.1, 0.15) is 5.75 Å². The number of anilines is 1. The van der Waals surface area contributed by atoms with E-state index in [0.717, 1.165) is 11.3 Å². The van der Waals surface area contributed by atoms with Crippen molar-refractivity contribution >= 4 is 17.5 Å². The van der Waals surface area contributed by atoms with E-state index in [1.54, 1.807) is 31.2 Å². The fraction of sp³-hybridized carbons (Fsp3) is 0.176. The lowest BCUT2D eigenvalue weighted by atomic mass is 10.1. The number of hydrazine groups is 1. The van der Waals surface area contributed by atoms with Gasteiger partial charge in [-0.2, -0.15) is 0 Å². The second kappa shape index (κ2) is 7.42. The van der Waals surface area contributed by atoms with Crippen LogP contribution in [0, 0.1) is 6.92 Å². The van der Waals surface area contributed by atoms with Crippen LogP contribution in [0.3, 0.4) is 0 Å². The van der Waals surface area contributed by atoms with Gasteiger partial charge in [-0.25, -0.2) is 5.84 Å². The third-order valence-electron chi connectivity index (χ3n) is 3.33. The molecule has 6 heteroatoms. The molecule has 1 unspecified atom stereocenters. The Hall–Kier alpha value is -2.86. The molecule has 0 saturated carbocycles. The van der Waals surface area contributed by atoms with E-state index in [1.165, 1.54) is 0 Å². The van der Waals surface area contributed by atoms with E-state index in [1.807, 2.05) is 36.6 Å². The average Bonchev–Trinajstić information content (AvgIpc) is 2.56. The van der Waals surface area contributed by atoms with Gasteiger partial charge in [-0.15, -0.1) is 0 Å². The molecule has 0 heterocycles. The molecule has 0 bridgehead atoms. The molecule has 0 radical (unpaired) electrons. The average molecular weight is 313 g/mol. The number of amides is 2. The van der Waals surface area contributed by atoms with Crippen molar-refractivity contribution in [1.29, 1.82) is 0 Å². The predicted molar refractivity (Wildman–Crippen MR) is 88.0 cm³/mol. The van der Waals surface area contributed by atoms with Crippen molar-refractivity contribution in [1.82, 2.24) is 5.43 Å². The minimum Gasteiger partial charge on any atom is -0.481 e. The molecule has 0 aliphatic heterocycles. The number of nitrogens with two attached hydrogens (primary N) is 1. The Morgan fingerprint density at radius 2 is 1.74 bits per heavy atom. The lowest BCUT2D eigenvalue weighted by Gasteiger charge is -2.13. The van der Waals surface area contributed by atoms with Crippen LogP contribution in [0.4, 0.5) is 5.69 Å². The zero-order chi connectivity index (χ0) is 16.8. The number of hydrogen-bond donors (Lipinski definition) is 3. The van der Waals surface area contributed by atoms with Crippen LogP contribution in [0.15, 0.2) is 48.5 Å². The first-order valence-electron chi connectivity index (χ1n) is 7.15. The smallest absolute Gasteiger partial charge is 0.274 e. The largest absolute Gasteiger partial charge is 0.481 e. The summed E-state index contributed by atoms with van der Waals surface area (Å²) in [6.07, 6.45) is -0.716. The third-order valence-corrected chi connectivity index (χ3v) is 3.33. The van der Waals surface area contributed by atoms with Gasteiger partial charge in [-0.05, 0) is 49.7 Å². The zero-order valence-corrected chi connectivity index (χ0v) is 13.0. The Kier molecular flexibility index (Phi) is 5.32. The maximum absolute atomic E-state index is 12.2. The number of carbonyl (C=O) groups excluding carboxylic acids is 2. The van der Waals surface area contributed by atoms with Crippen LogP contribution < -0.4 is 21.3 Å². The van der Waals surface area contributed by atoms with Crippen LogP contribution in [0.25, 0.3) is 0 Å². The SMILES string of the molecule is Cc1ccccc1NC(=O)c1ccc(OC(C)C(=O)NN)cc1. The summed E-state index contributed by atoms with van der Waals surface area (Å²) >= 11 is 0. The highest BCUT2D eigenvalue weighted by molar-refractivity contribution is 6.04. The summed E-state index contributed by atoms with van der Waals surface area (Å²) in [5, 5.41) is 2.85. The number of ether oxygens (including phenoxy) is 1. The summed E-state index contributed by atoms with van der Waals surface area (Å²) in [6.45, 7) is 3.51. The molecule has 2 aromatic rings. The minimum absolute atomic E-state index is 0.210. The van der Waals surface area contributed by atoms with Crippen LogP contribution in [0.2, 0.25) is 0 Å². The summed E-state index contributed by atoms with van der Waals surface area (Å²) in [5.41, 5.74) is 4.27. The number of rotatable bonds is 5. The van der Waals surface area contributed by atoms with E-state index in [-0.39, 0.29) is 5.91 Å². The summed E-state index contributed by atoms with van der Waals surface area (Å²) in [5.74, 6) is 4.89. The number of benzene rings is 2. The number of hydrogen-bond acceptors (Lipinski definition) is 4. The molecule has 2 amide bonds. The molecule has 0 aliphatic carbocycles. The van der Waals surface area contributed by atoms with Gasteiger partial charge in [0.05, 0.1) is 0 Å². The second-order valence-corrected chi connectivity index (χ2v) is 5.06. The Morgan fingerprint density at radius 1 is 1.09 bits per heavy atom. The van der Waals surface area contributed by atoms with Crippen LogP contribution in [0.5, 0.6) is 5.75 Å². The molecular weight excluding hydrogens is 294 g/mol. The van der Waals surface area contributed by atoms with Crippen LogP contribution >= 0.6 is 0 Å². The van der Waals surface area contributed by atoms with E-state index >= 15 is 0 Å². The van der Waals surface area contributed by atoms with E-state index in [2.05, 4.69) is 5.32 Å². The van der Waals surface area contributed by atoms with E-state index in [0.29, 0.717) is 11.3 Å². The lowest BCUT2D eigenvalue weighted by molar-refractivity contribution is -0.127. The highest BCUT2D eigenvalue weighted by Crippen LogP contribution is 2.17. The van der Waals surface area contributed by atoms with Crippen molar-refractivity contribution < 1.29 is 14.3 Å². The zero-order valence-electron chi connectivity index (χ0n) is 13.0. The van der Waals surface area contributed by atoms with E-state index < -0.39 is 12.0 Å². The molecule has 4 N–H and O–H groups in total. The number of nitrogens with one attached hydrogen (secondary N) is 2. The molecule has 0 saturated heterocycles. The molecule has 0 spiro atoms. The predicted octanol–water partition coefficient (Wildman–Crippen LogP) is 2.00. The van der Waals surface area contributed by atoms with Crippen molar-refractivity contribution in [2.24, 2.45) is 5.84 Å². The summed E-state index contributed by atoms with van der Waals surface area (Å²) in [7, 11) is 0. The van der Waals surface area contributed by atoms with Crippen molar-refractivity contribution in [2.45, 2.75) is 20.0 Å². The Morgan fingerprint density at radius 3 is 2.35 bits per heavy atom. The topological polar surface area (TPSA) is 93.4 Å². The van der Waals surface area contributed by atoms with Crippen LogP contribution in [0.1, 0.15) is 22.8 Å².